The highest BCUT2D eigenvalue weighted by Gasteiger charge is 2.09. The Morgan fingerprint density at radius 3 is 2.21 bits per heavy atom. The molecule has 24 heavy (non-hydrogen) atoms. The Morgan fingerprint density at radius 1 is 1.00 bits per heavy atom. The number of aliphatic hydroxyl groups is 1. The van der Waals surface area contributed by atoms with E-state index in [4.69, 9.17) is 16.3 Å². The number of hydrogen-bond donors (Lipinski definition) is 1. The van der Waals surface area contributed by atoms with E-state index in [-0.39, 0.29) is 0 Å². The molecule has 0 saturated carbocycles. The summed E-state index contributed by atoms with van der Waals surface area (Å²) < 4.78 is 5.77. The van der Waals surface area contributed by atoms with E-state index in [9.17, 15) is 5.11 Å². The van der Waals surface area contributed by atoms with Gasteiger partial charge in [0.1, 0.15) is 12.4 Å². The fraction of sp³-hybridized carbons (Fsp3) is 0.400. The van der Waals surface area contributed by atoms with Crippen LogP contribution in [0.25, 0.3) is 0 Å². The van der Waals surface area contributed by atoms with Gasteiger partial charge in [0.25, 0.3) is 0 Å². The highest BCUT2D eigenvalue weighted by Crippen LogP contribution is 2.22. The van der Waals surface area contributed by atoms with Crippen LogP contribution in [0.15, 0.2) is 48.5 Å². The lowest BCUT2D eigenvalue weighted by atomic mass is 10.0. The molecule has 0 amide bonds. The molecule has 0 fully saturated rings. The molecular weight excluding hydrogens is 322 g/mol. The van der Waals surface area contributed by atoms with E-state index in [1.54, 1.807) is 0 Å². The van der Waals surface area contributed by atoms with E-state index in [0.29, 0.717) is 18.1 Å². The van der Waals surface area contributed by atoms with Gasteiger partial charge < -0.3 is 14.7 Å². The highest BCUT2D eigenvalue weighted by molar-refractivity contribution is 6.30. The van der Waals surface area contributed by atoms with Gasteiger partial charge in [-0.2, -0.15) is 0 Å². The summed E-state index contributed by atoms with van der Waals surface area (Å²) >= 11 is 5.88. The summed E-state index contributed by atoms with van der Waals surface area (Å²) in [5.41, 5.74) is 1.95. The molecular formula is C20H26ClNO2. The third-order valence-corrected chi connectivity index (χ3v) is 4.43. The van der Waals surface area contributed by atoms with E-state index in [2.05, 4.69) is 18.7 Å². The summed E-state index contributed by atoms with van der Waals surface area (Å²) in [4.78, 5) is 2.32. The lowest BCUT2D eigenvalue weighted by molar-refractivity contribution is 0.178. The van der Waals surface area contributed by atoms with Crippen LogP contribution in [-0.4, -0.2) is 36.2 Å². The maximum atomic E-state index is 10.4. The van der Waals surface area contributed by atoms with Crippen LogP contribution in [0.1, 0.15) is 31.1 Å². The van der Waals surface area contributed by atoms with E-state index in [0.717, 1.165) is 36.5 Å². The number of likely N-dealkylation sites (N-methyl/N-ethyl adjacent to an activating group) is 1. The number of aliphatic hydroxyl groups excluding tert-OH is 1. The summed E-state index contributed by atoms with van der Waals surface area (Å²) in [7, 11) is 0. The molecule has 0 unspecified atom stereocenters. The van der Waals surface area contributed by atoms with Gasteiger partial charge in [-0.3, -0.25) is 0 Å². The molecule has 0 aliphatic carbocycles. The first-order valence-corrected chi connectivity index (χ1v) is 8.87. The van der Waals surface area contributed by atoms with Crippen molar-refractivity contribution in [1.29, 1.82) is 0 Å². The second-order valence-electron chi connectivity index (χ2n) is 5.79. The number of hydrogen-bond acceptors (Lipinski definition) is 3. The van der Waals surface area contributed by atoms with Gasteiger partial charge in [-0.25, -0.2) is 0 Å². The minimum Gasteiger partial charge on any atom is -0.492 e. The first kappa shape index (κ1) is 18.8. The number of halogens is 1. The van der Waals surface area contributed by atoms with Gasteiger partial charge in [0, 0.05) is 18.0 Å². The molecule has 0 spiro atoms. The molecule has 2 rings (SSSR count). The van der Waals surface area contributed by atoms with Crippen LogP contribution in [0.3, 0.4) is 0 Å². The monoisotopic (exact) mass is 347 g/mol. The fourth-order valence-electron chi connectivity index (χ4n) is 2.58. The lowest BCUT2D eigenvalue weighted by Crippen LogP contribution is -2.27. The third kappa shape index (κ3) is 5.82. The van der Waals surface area contributed by atoms with Crippen LogP contribution in [-0.2, 0) is 6.42 Å². The van der Waals surface area contributed by atoms with Crippen molar-refractivity contribution >= 4 is 11.6 Å². The summed E-state index contributed by atoms with van der Waals surface area (Å²) in [6.45, 7) is 7.98. The molecule has 0 bridgehead atoms. The smallest absolute Gasteiger partial charge is 0.119 e. The summed E-state index contributed by atoms with van der Waals surface area (Å²) in [5, 5.41) is 11.1. The second-order valence-corrected chi connectivity index (χ2v) is 6.23. The standard InChI is InChI=1S/C20H26ClNO2/c1-3-22(4-2)13-14-24-19-11-7-17(8-12-19)20(23)15-16-5-9-18(21)10-6-16/h5-12,20,23H,3-4,13-15H2,1-2H3/t20-/m1/s1. The topological polar surface area (TPSA) is 32.7 Å². The quantitative estimate of drug-likeness (QED) is 0.732. The van der Waals surface area contributed by atoms with Gasteiger partial charge in [-0.05, 0) is 48.5 Å². The molecule has 2 aromatic rings. The van der Waals surface area contributed by atoms with Crippen LogP contribution in [0.4, 0.5) is 0 Å². The molecule has 1 N–H and O–H groups in total. The highest BCUT2D eigenvalue weighted by atomic mass is 35.5. The Bertz CT molecular complexity index is 594. The van der Waals surface area contributed by atoms with Gasteiger partial charge >= 0.3 is 0 Å². The number of benzene rings is 2. The van der Waals surface area contributed by atoms with Crippen LogP contribution in [0, 0.1) is 0 Å². The van der Waals surface area contributed by atoms with Crippen molar-refractivity contribution in [2.75, 3.05) is 26.2 Å². The van der Waals surface area contributed by atoms with Crippen LogP contribution >= 0.6 is 11.6 Å². The summed E-state index contributed by atoms with van der Waals surface area (Å²) in [6.07, 6.45) is 0.0372. The summed E-state index contributed by atoms with van der Waals surface area (Å²) in [5.74, 6) is 0.838. The average Bonchev–Trinajstić information content (AvgIpc) is 2.61. The Hall–Kier alpha value is -1.55. The third-order valence-electron chi connectivity index (χ3n) is 4.18. The van der Waals surface area contributed by atoms with Crippen molar-refractivity contribution in [3.05, 3.63) is 64.7 Å². The maximum Gasteiger partial charge on any atom is 0.119 e. The fourth-order valence-corrected chi connectivity index (χ4v) is 2.71. The van der Waals surface area contributed by atoms with Crippen molar-refractivity contribution in [2.45, 2.75) is 26.4 Å². The molecule has 0 radical (unpaired) electrons. The Kier molecular flexibility index (Phi) is 7.57. The molecule has 0 aromatic heterocycles. The zero-order valence-corrected chi connectivity index (χ0v) is 15.2. The lowest BCUT2D eigenvalue weighted by Gasteiger charge is -2.18. The molecule has 1 atom stereocenters. The summed E-state index contributed by atoms with van der Waals surface area (Å²) in [6, 6.07) is 15.3. The number of nitrogens with zero attached hydrogens (tertiary/aromatic N) is 1. The molecule has 2 aromatic carbocycles. The Morgan fingerprint density at radius 2 is 1.62 bits per heavy atom. The van der Waals surface area contributed by atoms with Crippen LogP contribution in [0.2, 0.25) is 5.02 Å². The van der Waals surface area contributed by atoms with Crippen LogP contribution < -0.4 is 4.74 Å². The van der Waals surface area contributed by atoms with Crippen molar-refractivity contribution in [1.82, 2.24) is 4.90 Å². The largest absolute Gasteiger partial charge is 0.492 e. The van der Waals surface area contributed by atoms with Gasteiger partial charge in [0.2, 0.25) is 0 Å². The zero-order valence-electron chi connectivity index (χ0n) is 14.4. The first-order chi connectivity index (χ1) is 11.6. The van der Waals surface area contributed by atoms with E-state index >= 15 is 0 Å². The zero-order chi connectivity index (χ0) is 17.4. The molecule has 0 heterocycles. The van der Waals surface area contributed by atoms with E-state index in [1.807, 2.05) is 48.5 Å². The molecule has 130 valence electrons. The van der Waals surface area contributed by atoms with Crippen molar-refractivity contribution < 1.29 is 9.84 Å². The average molecular weight is 348 g/mol. The van der Waals surface area contributed by atoms with Crippen molar-refractivity contribution in [3.8, 4) is 5.75 Å². The second kappa shape index (κ2) is 9.67. The van der Waals surface area contributed by atoms with Crippen LogP contribution in [0.5, 0.6) is 5.75 Å². The van der Waals surface area contributed by atoms with Crippen molar-refractivity contribution in [2.24, 2.45) is 0 Å². The molecule has 0 aliphatic heterocycles. The van der Waals surface area contributed by atoms with Gasteiger partial charge in [0.15, 0.2) is 0 Å². The predicted octanol–water partition coefficient (Wildman–Crippen LogP) is 4.34. The Balaban J connectivity index is 1.85. The van der Waals surface area contributed by atoms with E-state index in [1.165, 1.54) is 0 Å². The predicted molar refractivity (Wildman–Crippen MR) is 99.8 cm³/mol. The first-order valence-electron chi connectivity index (χ1n) is 8.50. The molecule has 4 heteroatoms. The minimum atomic E-state index is -0.532. The molecule has 3 nitrogen and oxygen atoms in total. The number of ether oxygens (including phenoxy) is 1. The SMILES string of the molecule is CCN(CC)CCOc1ccc([C@H](O)Cc2ccc(Cl)cc2)cc1. The minimum absolute atomic E-state index is 0.532. The molecule has 0 aliphatic rings. The van der Waals surface area contributed by atoms with Gasteiger partial charge in [-0.15, -0.1) is 0 Å². The van der Waals surface area contributed by atoms with Crippen molar-refractivity contribution in [3.63, 3.8) is 0 Å². The normalized spacial score (nSPS) is 12.4. The Labute approximate surface area is 149 Å². The molecule has 0 saturated heterocycles. The van der Waals surface area contributed by atoms with Gasteiger partial charge in [0.05, 0.1) is 6.10 Å². The maximum absolute atomic E-state index is 10.4. The van der Waals surface area contributed by atoms with E-state index < -0.39 is 6.10 Å². The van der Waals surface area contributed by atoms with Gasteiger partial charge in [-0.1, -0.05) is 49.7 Å². The number of rotatable bonds is 9.